The van der Waals surface area contributed by atoms with Crippen LogP contribution in [-0.2, 0) is 0 Å². The Morgan fingerprint density at radius 1 is 1.27 bits per heavy atom. The van der Waals surface area contributed by atoms with Crippen molar-refractivity contribution in [1.82, 2.24) is 14.7 Å². The molecule has 0 saturated heterocycles. The first-order chi connectivity index (χ1) is 10.8. The van der Waals surface area contributed by atoms with Gasteiger partial charge >= 0.3 is 0 Å². The summed E-state index contributed by atoms with van der Waals surface area (Å²) in [6, 6.07) is 5.30. The molecule has 2 N–H and O–H groups in total. The molecule has 0 aliphatic heterocycles. The van der Waals surface area contributed by atoms with E-state index in [2.05, 4.69) is 32.1 Å². The lowest BCUT2D eigenvalue weighted by Gasteiger charge is -2.05. The lowest BCUT2D eigenvalue weighted by atomic mass is 10.3. The van der Waals surface area contributed by atoms with Crippen molar-refractivity contribution in [2.45, 2.75) is 20.3 Å². The molecular formula is C16H20N4OS. The van der Waals surface area contributed by atoms with Crippen LogP contribution in [0.25, 0.3) is 12.2 Å². The lowest BCUT2D eigenvalue weighted by Crippen LogP contribution is -2.27. The second-order valence-electron chi connectivity index (χ2n) is 4.64. The summed E-state index contributed by atoms with van der Waals surface area (Å²) in [7, 11) is 0. The van der Waals surface area contributed by atoms with Gasteiger partial charge < -0.3 is 10.6 Å². The molecule has 0 aliphatic rings. The SMILES string of the molecule is C/C=c1/c(NCCCNC(=O)c2ccccn2)ns/c1=C/C. The Labute approximate surface area is 134 Å². The second kappa shape index (κ2) is 8.29. The number of carbonyl (C=O) groups excluding carboxylic acids is 1. The summed E-state index contributed by atoms with van der Waals surface area (Å²) in [5.74, 6) is 0.774. The summed E-state index contributed by atoms with van der Waals surface area (Å²) in [5.41, 5.74) is 0.445. The Hall–Kier alpha value is -2.21. The van der Waals surface area contributed by atoms with Crippen LogP contribution in [-0.4, -0.2) is 28.4 Å². The molecule has 0 radical (unpaired) electrons. The van der Waals surface area contributed by atoms with E-state index >= 15 is 0 Å². The van der Waals surface area contributed by atoms with Crippen LogP contribution in [0, 0.1) is 0 Å². The van der Waals surface area contributed by atoms with E-state index in [9.17, 15) is 4.79 Å². The molecule has 5 nitrogen and oxygen atoms in total. The Kier molecular flexibility index (Phi) is 6.09. The molecule has 0 atom stereocenters. The molecule has 22 heavy (non-hydrogen) atoms. The van der Waals surface area contributed by atoms with Crippen molar-refractivity contribution in [1.29, 1.82) is 0 Å². The van der Waals surface area contributed by atoms with E-state index in [1.165, 1.54) is 16.1 Å². The minimum atomic E-state index is -0.139. The molecular weight excluding hydrogens is 296 g/mol. The number of carbonyl (C=O) groups is 1. The standard InChI is InChI=1S/C16H20N4OS/c1-3-12-14(4-2)22-20-15(12)18-10-7-11-19-16(21)13-8-5-6-9-17-13/h3-6,8-9H,7,10-11H2,1-2H3,(H,18,20)(H,19,21)/b12-3+,14-4+. The van der Waals surface area contributed by atoms with Gasteiger partial charge in [-0.25, -0.2) is 0 Å². The van der Waals surface area contributed by atoms with Gasteiger partial charge in [0.15, 0.2) is 0 Å². The second-order valence-corrected chi connectivity index (χ2v) is 5.44. The fourth-order valence-corrected chi connectivity index (χ4v) is 2.78. The van der Waals surface area contributed by atoms with Crippen molar-refractivity contribution in [2.24, 2.45) is 0 Å². The van der Waals surface area contributed by atoms with E-state index < -0.39 is 0 Å². The minimum Gasteiger partial charge on any atom is -0.369 e. The molecule has 2 rings (SSSR count). The Morgan fingerprint density at radius 2 is 2.14 bits per heavy atom. The average Bonchev–Trinajstić information content (AvgIpc) is 2.97. The van der Waals surface area contributed by atoms with Crippen LogP contribution >= 0.6 is 11.5 Å². The van der Waals surface area contributed by atoms with Gasteiger partial charge in [-0.2, -0.15) is 4.37 Å². The van der Waals surface area contributed by atoms with E-state index in [-0.39, 0.29) is 5.91 Å². The van der Waals surface area contributed by atoms with Crippen LogP contribution in [0.1, 0.15) is 30.8 Å². The van der Waals surface area contributed by atoms with Crippen molar-refractivity contribution in [3.63, 3.8) is 0 Å². The number of anilines is 1. The maximum atomic E-state index is 11.8. The molecule has 6 heteroatoms. The summed E-state index contributed by atoms with van der Waals surface area (Å²) in [6.45, 7) is 5.38. The molecule has 0 bridgehead atoms. The van der Waals surface area contributed by atoms with Gasteiger partial charge in [0.1, 0.15) is 11.5 Å². The first kappa shape index (κ1) is 16.2. The van der Waals surface area contributed by atoms with Gasteiger partial charge in [0, 0.05) is 24.5 Å². The number of nitrogens with one attached hydrogen (secondary N) is 2. The zero-order chi connectivity index (χ0) is 15.8. The normalized spacial score (nSPS) is 12.5. The van der Waals surface area contributed by atoms with E-state index in [1.807, 2.05) is 13.8 Å². The summed E-state index contributed by atoms with van der Waals surface area (Å²) < 4.78 is 5.58. The highest BCUT2D eigenvalue weighted by Gasteiger charge is 2.05. The van der Waals surface area contributed by atoms with Crippen LogP contribution in [0.3, 0.4) is 0 Å². The predicted molar refractivity (Wildman–Crippen MR) is 91.3 cm³/mol. The summed E-state index contributed by atoms with van der Waals surface area (Å²) in [6.07, 6.45) is 6.56. The monoisotopic (exact) mass is 316 g/mol. The third kappa shape index (κ3) is 4.14. The molecule has 116 valence electrons. The van der Waals surface area contributed by atoms with E-state index in [1.54, 1.807) is 24.4 Å². The highest BCUT2D eigenvalue weighted by atomic mass is 32.1. The fourth-order valence-electron chi connectivity index (χ4n) is 2.01. The summed E-state index contributed by atoms with van der Waals surface area (Å²) in [5, 5.41) is 7.31. The van der Waals surface area contributed by atoms with Crippen LogP contribution in [0.5, 0.6) is 0 Å². The minimum absolute atomic E-state index is 0.139. The molecule has 1 amide bonds. The fraction of sp³-hybridized carbons (Fsp3) is 0.312. The first-order valence-corrected chi connectivity index (χ1v) is 8.05. The third-order valence-corrected chi connectivity index (χ3v) is 4.06. The smallest absolute Gasteiger partial charge is 0.269 e. The zero-order valence-corrected chi connectivity index (χ0v) is 13.6. The number of nitrogens with zero attached hydrogens (tertiary/aromatic N) is 2. The maximum Gasteiger partial charge on any atom is 0.269 e. The predicted octanol–water partition coefficient (Wildman–Crippen LogP) is 1.37. The quantitative estimate of drug-likeness (QED) is 0.790. The molecule has 2 aromatic heterocycles. The molecule has 0 fully saturated rings. The number of aromatic nitrogens is 2. The summed E-state index contributed by atoms with van der Waals surface area (Å²) >= 11 is 1.49. The third-order valence-electron chi connectivity index (χ3n) is 3.14. The number of amides is 1. The lowest BCUT2D eigenvalue weighted by molar-refractivity contribution is 0.0948. The number of rotatable bonds is 6. The molecule has 0 spiro atoms. The van der Waals surface area contributed by atoms with Crippen LogP contribution in [0.4, 0.5) is 5.82 Å². The number of pyridine rings is 1. The molecule has 0 saturated carbocycles. The van der Waals surface area contributed by atoms with Crippen molar-refractivity contribution >= 4 is 35.4 Å². The van der Waals surface area contributed by atoms with Crippen molar-refractivity contribution in [3.8, 4) is 0 Å². The van der Waals surface area contributed by atoms with Gasteiger partial charge in [0.2, 0.25) is 0 Å². The zero-order valence-electron chi connectivity index (χ0n) is 12.8. The Balaban J connectivity index is 1.77. The van der Waals surface area contributed by atoms with E-state index in [0.29, 0.717) is 12.2 Å². The van der Waals surface area contributed by atoms with Crippen LogP contribution in [0.2, 0.25) is 0 Å². The van der Waals surface area contributed by atoms with Gasteiger partial charge in [-0.3, -0.25) is 9.78 Å². The van der Waals surface area contributed by atoms with Gasteiger partial charge in [0.05, 0.1) is 4.53 Å². The highest BCUT2D eigenvalue weighted by molar-refractivity contribution is 7.03. The van der Waals surface area contributed by atoms with Gasteiger partial charge in [-0.1, -0.05) is 18.2 Å². The van der Waals surface area contributed by atoms with Crippen LogP contribution in [0.15, 0.2) is 24.4 Å². The molecule has 0 unspecified atom stereocenters. The van der Waals surface area contributed by atoms with Gasteiger partial charge in [-0.05, 0) is 43.9 Å². The van der Waals surface area contributed by atoms with E-state index in [0.717, 1.165) is 24.0 Å². The maximum absolute atomic E-state index is 11.8. The molecule has 2 aromatic rings. The first-order valence-electron chi connectivity index (χ1n) is 7.27. The largest absolute Gasteiger partial charge is 0.369 e. The van der Waals surface area contributed by atoms with Gasteiger partial charge in [-0.15, -0.1) is 0 Å². The van der Waals surface area contributed by atoms with Crippen molar-refractivity contribution in [3.05, 3.63) is 39.8 Å². The molecule has 2 heterocycles. The van der Waals surface area contributed by atoms with E-state index in [4.69, 9.17) is 0 Å². The number of hydrogen-bond donors (Lipinski definition) is 2. The highest BCUT2D eigenvalue weighted by Crippen LogP contribution is 1.96. The van der Waals surface area contributed by atoms with Crippen molar-refractivity contribution in [2.75, 3.05) is 18.4 Å². The summed E-state index contributed by atoms with van der Waals surface area (Å²) in [4.78, 5) is 15.8. The molecule has 0 aromatic carbocycles. The van der Waals surface area contributed by atoms with Crippen LogP contribution < -0.4 is 20.4 Å². The molecule has 0 aliphatic carbocycles. The van der Waals surface area contributed by atoms with Crippen molar-refractivity contribution < 1.29 is 4.79 Å². The number of hydrogen-bond acceptors (Lipinski definition) is 5. The van der Waals surface area contributed by atoms with Gasteiger partial charge in [0.25, 0.3) is 5.91 Å². The Bertz CT molecular complexity index is 724. The topological polar surface area (TPSA) is 66.9 Å². The average molecular weight is 316 g/mol. The Morgan fingerprint density at radius 3 is 2.82 bits per heavy atom.